The van der Waals surface area contributed by atoms with Gasteiger partial charge in [0.1, 0.15) is 0 Å². The van der Waals surface area contributed by atoms with Gasteiger partial charge in [-0.1, -0.05) is 42.5 Å². The molecule has 8 heteroatoms. The second-order valence-electron chi connectivity index (χ2n) is 5.16. The first-order chi connectivity index (χ1) is 11.6. The van der Waals surface area contributed by atoms with E-state index < -0.39 is 29.6 Å². The monoisotopic (exact) mass is 362 g/mol. The second-order valence-corrected chi connectivity index (χ2v) is 5.16. The van der Waals surface area contributed by atoms with Gasteiger partial charge < -0.3 is 4.74 Å². The minimum Gasteiger partial charge on any atom is -0.369 e. The van der Waals surface area contributed by atoms with Gasteiger partial charge in [-0.05, 0) is 30.0 Å². The molecule has 0 heterocycles. The number of carbonyl (C=O) groups is 1. The molecule has 2 rings (SSSR count). The standard InChI is InChI=1S/C17H12F6O2/c18-16(19,20)14-12(10-9-11-5-2-1-3-6-11)7-4-8-13(14)15(24)25-17(21,22)23/h1-8H,9-10H2. The summed E-state index contributed by atoms with van der Waals surface area (Å²) in [6.45, 7) is 0. The van der Waals surface area contributed by atoms with Crippen LogP contribution in [0, 0.1) is 0 Å². The molecule has 0 spiro atoms. The van der Waals surface area contributed by atoms with Crippen molar-refractivity contribution in [2.24, 2.45) is 0 Å². The van der Waals surface area contributed by atoms with E-state index in [1.807, 2.05) is 0 Å². The van der Waals surface area contributed by atoms with Crippen LogP contribution in [-0.2, 0) is 23.8 Å². The largest absolute Gasteiger partial charge is 0.575 e. The molecule has 0 bridgehead atoms. The van der Waals surface area contributed by atoms with Crippen LogP contribution in [0.5, 0.6) is 0 Å². The number of hydrogen-bond acceptors (Lipinski definition) is 2. The molecule has 134 valence electrons. The van der Waals surface area contributed by atoms with E-state index in [4.69, 9.17) is 0 Å². The molecular weight excluding hydrogens is 350 g/mol. The third-order valence-electron chi connectivity index (χ3n) is 3.39. The minimum absolute atomic E-state index is 0.0913. The van der Waals surface area contributed by atoms with E-state index in [1.165, 1.54) is 0 Å². The van der Waals surface area contributed by atoms with Crippen LogP contribution in [0.4, 0.5) is 26.3 Å². The number of hydrogen-bond donors (Lipinski definition) is 0. The molecule has 0 aliphatic heterocycles. The zero-order chi connectivity index (χ0) is 18.7. The van der Waals surface area contributed by atoms with Gasteiger partial charge in [-0.2, -0.15) is 13.2 Å². The summed E-state index contributed by atoms with van der Waals surface area (Å²) in [6.07, 6.45) is -10.2. The molecular formula is C17H12F6O2. The summed E-state index contributed by atoms with van der Waals surface area (Å²) in [4.78, 5) is 11.5. The zero-order valence-electron chi connectivity index (χ0n) is 12.6. The van der Waals surface area contributed by atoms with Crippen LogP contribution in [0.1, 0.15) is 27.0 Å². The van der Waals surface area contributed by atoms with E-state index in [2.05, 4.69) is 4.74 Å². The molecule has 0 saturated heterocycles. The Labute approximate surface area is 139 Å². The Morgan fingerprint density at radius 2 is 1.48 bits per heavy atom. The summed E-state index contributed by atoms with van der Waals surface area (Å²) >= 11 is 0. The highest BCUT2D eigenvalue weighted by Gasteiger charge is 2.41. The van der Waals surface area contributed by atoms with Crippen LogP contribution >= 0.6 is 0 Å². The molecule has 0 atom stereocenters. The lowest BCUT2D eigenvalue weighted by atomic mass is 9.95. The van der Waals surface area contributed by atoms with Gasteiger partial charge in [0, 0.05) is 0 Å². The number of benzene rings is 2. The predicted octanol–water partition coefficient (Wildman–Crippen LogP) is 5.17. The zero-order valence-corrected chi connectivity index (χ0v) is 12.6. The number of esters is 1. The number of aryl methyl sites for hydroxylation is 2. The fourth-order valence-corrected chi connectivity index (χ4v) is 2.40. The lowest BCUT2D eigenvalue weighted by Crippen LogP contribution is -2.23. The molecule has 2 aromatic carbocycles. The van der Waals surface area contributed by atoms with Crippen LogP contribution in [0.25, 0.3) is 0 Å². The molecule has 2 nitrogen and oxygen atoms in total. The Morgan fingerprint density at radius 1 is 0.840 bits per heavy atom. The summed E-state index contributed by atoms with van der Waals surface area (Å²) in [5.74, 6) is -2.08. The fourth-order valence-electron chi connectivity index (χ4n) is 2.40. The summed E-state index contributed by atoms with van der Waals surface area (Å²) in [5, 5.41) is 0. The molecule has 0 aliphatic carbocycles. The first kappa shape index (κ1) is 18.8. The maximum Gasteiger partial charge on any atom is 0.575 e. The minimum atomic E-state index is -5.36. The molecule has 0 saturated carbocycles. The van der Waals surface area contributed by atoms with Crippen molar-refractivity contribution in [2.45, 2.75) is 25.4 Å². The van der Waals surface area contributed by atoms with Crippen LogP contribution in [0.2, 0.25) is 0 Å². The van der Waals surface area contributed by atoms with Gasteiger partial charge in [0.25, 0.3) is 0 Å². The summed E-state index contributed by atoms with van der Waals surface area (Å²) < 4.78 is 79.7. The smallest absolute Gasteiger partial charge is 0.369 e. The Morgan fingerprint density at radius 3 is 2.04 bits per heavy atom. The van der Waals surface area contributed by atoms with E-state index in [0.29, 0.717) is 6.07 Å². The molecule has 0 aliphatic rings. The van der Waals surface area contributed by atoms with E-state index in [1.54, 1.807) is 30.3 Å². The summed E-state index contributed by atoms with van der Waals surface area (Å²) in [5.41, 5.74) is -2.07. The molecule has 25 heavy (non-hydrogen) atoms. The number of halogens is 6. The van der Waals surface area contributed by atoms with Gasteiger partial charge in [0.05, 0.1) is 11.1 Å². The SMILES string of the molecule is O=C(OC(F)(F)F)c1cccc(CCc2ccccc2)c1C(F)(F)F. The molecule has 0 unspecified atom stereocenters. The van der Waals surface area contributed by atoms with Crippen LogP contribution < -0.4 is 0 Å². The molecule has 0 fully saturated rings. The normalized spacial score (nSPS) is 12.1. The third kappa shape index (κ3) is 5.23. The number of rotatable bonds is 4. The first-order valence-corrected chi connectivity index (χ1v) is 7.11. The van der Waals surface area contributed by atoms with Crippen LogP contribution in [0.15, 0.2) is 48.5 Å². The second kappa shape index (κ2) is 7.16. The maximum atomic E-state index is 13.3. The van der Waals surface area contributed by atoms with E-state index in [9.17, 15) is 31.1 Å². The summed E-state index contributed by atoms with van der Waals surface area (Å²) in [7, 11) is 0. The average Bonchev–Trinajstić information content (AvgIpc) is 2.51. The topological polar surface area (TPSA) is 26.3 Å². The molecule has 0 amide bonds. The van der Waals surface area contributed by atoms with Gasteiger partial charge in [0.2, 0.25) is 0 Å². The molecule has 0 radical (unpaired) electrons. The van der Waals surface area contributed by atoms with Crippen molar-refractivity contribution in [1.29, 1.82) is 0 Å². The van der Waals surface area contributed by atoms with Gasteiger partial charge in [-0.25, -0.2) is 4.79 Å². The van der Waals surface area contributed by atoms with Crippen molar-refractivity contribution in [3.63, 3.8) is 0 Å². The molecule has 0 N–H and O–H groups in total. The van der Waals surface area contributed by atoms with Crippen molar-refractivity contribution >= 4 is 5.97 Å². The van der Waals surface area contributed by atoms with Gasteiger partial charge in [0.15, 0.2) is 0 Å². The van der Waals surface area contributed by atoms with E-state index in [-0.39, 0.29) is 18.4 Å². The van der Waals surface area contributed by atoms with Crippen molar-refractivity contribution < 1.29 is 35.9 Å². The van der Waals surface area contributed by atoms with Crippen molar-refractivity contribution in [3.05, 3.63) is 70.8 Å². The lowest BCUT2D eigenvalue weighted by Gasteiger charge is -2.17. The number of alkyl halides is 6. The Bertz CT molecular complexity index is 735. The Balaban J connectivity index is 2.36. The summed E-state index contributed by atoms with van der Waals surface area (Å²) in [6, 6.07) is 11.5. The predicted molar refractivity (Wildman–Crippen MR) is 76.8 cm³/mol. The fraction of sp³-hybridized carbons (Fsp3) is 0.235. The van der Waals surface area contributed by atoms with Crippen molar-refractivity contribution in [1.82, 2.24) is 0 Å². The third-order valence-corrected chi connectivity index (χ3v) is 3.39. The number of ether oxygens (including phenoxy) is 1. The van der Waals surface area contributed by atoms with Crippen molar-refractivity contribution in [3.8, 4) is 0 Å². The van der Waals surface area contributed by atoms with Gasteiger partial charge in [-0.15, -0.1) is 13.2 Å². The van der Waals surface area contributed by atoms with Crippen molar-refractivity contribution in [2.75, 3.05) is 0 Å². The van der Waals surface area contributed by atoms with E-state index in [0.717, 1.165) is 17.7 Å². The highest BCUT2D eigenvalue weighted by atomic mass is 19.4. The first-order valence-electron chi connectivity index (χ1n) is 7.11. The quantitative estimate of drug-likeness (QED) is 0.554. The van der Waals surface area contributed by atoms with E-state index >= 15 is 0 Å². The van der Waals surface area contributed by atoms with Gasteiger partial charge in [-0.3, -0.25) is 0 Å². The lowest BCUT2D eigenvalue weighted by molar-refractivity contribution is -0.292. The van der Waals surface area contributed by atoms with Crippen LogP contribution in [-0.4, -0.2) is 12.3 Å². The van der Waals surface area contributed by atoms with Crippen LogP contribution in [0.3, 0.4) is 0 Å². The van der Waals surface area contributed by atoms with Gasteiger partial charge >= 0.3 is 18.5 Å². The Kier molecular flexibility index (Phi) is 5.39. The highest BCUT2D eigenvalue weighted by molar-refractivity contribution is 5.92. The molecule has 0 aromatic heterocycles. The number of carbonyl (C=O) groups excluding carboxylic acids is 1. The molecule has 2 aromatic rings. The average molecular weight is 362 g/mol. The highest BCUT2D eigenvalue weighted by Crippen LogP contribution is 2.36. The Hall–Kier alpha value is -2.51. The maximum absolute atomic E-state index is 13.3.